The summed E-state index contributed by atoms with van der Waals surface area (Å²) in [6, 6.07) is 6.74. The van der Waals surface area contributed by atoms with Crippen molar-refractivity contribution >= 4 is 38.6 Å². The molecule has 0 atom stereocenters. The number of carbonyl (C=O) groups is 1. The highest BCUT2D eigenvalue weighted by atomic mass is 79.9. The van der Waals surface area contributed by atoms with Crippen LogP contribution in [0, 0.1) is 11.3 Å². The van der Waals surface area contributed by atoms with Crippen LogP contribution in [0.3, 0.4) is 0 Å². The number of carbonyl (C=O) groups excluding carboxylic acids is 1. The van der Waals surface area contributed by atoms with Crippen LogP contribution in [-0.4, -0.2) is 31.8 Å². The molecule has 0 radical (unpaired) electrons. The van der Waals surface area contributed by atoms with Crippen molar-refractivity contribution in [1.29, 1.82) is 5.26 Å². The summed E-state index contributed by atoms with van der Waals surface area (Å²) in [6.45, 7) is 1.98. The van der Waals surface area contributed by atoms with E-state index in [0.717, 1.165) is 0 Å². The predicted molar refractivity (Wildman–Crippen MR) is 101 cm³/mol. The molecule has 0 saturated carbocycles. The molecule has 0 bridgehead atoms. The zero-order valence-electron chi connectivity index (χ0n) is 14.6. The van der Waals surface area contributed by atoms with Crippen LogP contribution in [0.1, 0.15) is 12.5 Å². The molecule has 138 valence electrons. The Balaban J connectivity index is 1.88. The molecule has 0 spiro atoms. The first kappa shape index (κ1) is 18.6. The number of nitrogens with zero attached hydrogens (tertiary/aromatic N) is 5. The first-order valence-electron chi connectivity index (χ1n) is 7.99. The number of aromatic nitrogens is 4. The first-order valence-corrected chi connectivity index (χ1v) is 8.78. The Labute approximate surface area is 162 Å². The van der Waals surface area contributed by atoms with Gasteiger partial charge in [-0.15, -0.1) is 0 Å². The topological polar surface area (TPSA) is 115 Å². The van der Waals surface area contributed by atoms with Crippen LogP contribution in [0.5, 0.6) is 5.75 Å². The molecule has 2 aromatic heterocycles. The minimum atomic E-state index is -0.450. The second kappa shape index (κ2) is 7.59. The number of hydrogen-bond donors (Lipinski definition) is 1. The van der Waals surface area contributed by atoms with Crippen LogP contribution in [0.15, 0.2) is 33.9 Å². The molecule has 0 saturated heterocycles. The van der Waals surface area contributed by atoms with Gasteiger partial charge in [0.25, 0.3) is 5.56 Å². The molecule has 0 fully saturated rings. The normalized spacial score (nSPS) is 10.6. The van der Waals surface area contributed by atoms with Crippen LogP contribution in [0.2, 0.25) is 0 Å². The van der Waals surface area contributed by atoms with Crippen molar-refractivity contribution in [1.82, 2.24) is 19.3 Å². The van der Waals surface area contributed by atoms with Gasteiger partial charge in [-0.2, -0.15) is 10.4 Å². The highest BCUT2D eigenvalue weighted by Crippen LogP contribution is 2.25. The average Bonchev–Trinajstić information content (AvgIpc) is 2.93. The highest BCUT2D eigenvalue weighted by Gasteiger charge is 2.16. The van der Waals surface area contributed by atoms with E-state index in [1.54, 1.807) is 19.2 Å². The molecule has 3 rings (SSSR count). The molecule has 0 unspecified atom stereocenters. The number of nitrogens with one attached hydrogen (secondary N) is 1. The van der Waals surface area contributed by atoms with Gasteiger partial charge in [-0.1, -0.05) is 0 Å². The zero-order valence-corrected chi connectivity index (χ0v) is 16.1. The standard InChI is InChI=1S/C17H15BrN6O3/c1-3-27-12-5-4-10(7-19)6-11(12)21-13(25)8-24-9-20-16-14(17(24)26)15(18)22-23(16)2/h4-6,9H,3,8H2,1-2H3,(H,21,25). The lowest BCUT2D eigenvalue weighted by Crippen LogP contribution is -2.28. The van der Waals surface area contributed by atoms with Crippen molar-refractivity contribution in [2.45, 2.75) is 13.5 Å². The Bertz CT molecular complexity index is 1130. The number of fused-ring (bicyclic) bond motifs is 1. The van der Waals surface area contributed by atoms with Gasteiger partial charge in [0.05, 0.1) is 23.9 Å². The van der Waals surface area contributed by atoms with E-state index in [1.165, 1.54) is 21.6 Å². The van der Waals surface area contributed by atoms with Crippen molar-refractivity contribution < 1.29 is 9.53 Å². The minimum absolute atomic E-state index is 0.245. The van der Waals surface area contributed by atoms with Crippen LogP contribution < -0.4 is 15.6 Å². The van der Waals surface area contributed by atoms with E-state index in [2.05, 4.69) is 31.3 Å². The average molecular weight is 431 g/mol. The monoisotopic (exact) mass is 430 g/mol. The van der Waals surface area contributed by atoms with E-state index in [1.807, 2.05) is 13.0 Å². The van der Waals surface area contributed by atoms with Crippen molar-refractivity contribution in [3.8, 4) is 11.8 Å². The zero-order chi connectivity index (χ0) is 19.6. The fourth-order valence-corrected chi connectivity index (χ4v) is 3.16. The van der Waals surface area contributed by atoms with E-state index in [9.17, 15) is 9.59 Å². The second-order valence-corrected chi connectivity index (χ2v) is 6.35. The molecule has 1 N–H and O–H groups in total. The summed E-state index contributed by atoms with van der Waals surface area (Å²) in [5, 5.41) is 16.1. The minimum Gasteiger partial charge on any atom is -0.492 e. The number of rotatable bonds is 5. The van der Waals surface area contributed by atoms with Crippen molar-refractivity contribution in [3.63, 3.8) is 0 Å². The van der Waals surface area contributed by atoms with E-state index in [-0.39, 0.29) is 12.1 Å². The van der Waals surface area contributed by atoms with Gasteiger partial charge in [0, 0.05) is 7.05 Å². The SMILES string of the molecule is CCOc1ccc(C#N)cc1NC(=O)Cn1cnc2c(c(Br)nn2C)c1=O. The molecule has 0 aliphatic heterocycles. The van der Waals surface area contributed by atoms with Gasteiger partial charge in [0.1, 0.15) is 28.6 Å². The lowest BCUT2D eigenvalue weighted by Gasteiger charge is -2.12. The predicted octanol–water partition coefficient (Wildman–Crippen LogP) is 1.80. The van der Waals surface area contributed by atoms with E-state index < -0.39 is 5.91 Å². The number of halogens is 1. The van der Waals surface area contributed by atoms with Crippen LogP contribution in [-0.2, 0) is 18.4 Å². The largest absolute Gasteiger partial charge is 0.492 e. The molecule has 10 heteroatoms. The third kappa shape index (κ3) is 3.68. The smallest absolute Gasteiger partial charge is 0.266 e. The summed E-state index contributed by atoms with van der Waals surface area (Å²) in [6.07, 6.45) is 1.30. The van der Waals surface area contributed by atoms with Crippen molar-refractivity contribution in [2.24, 2.45) is 7.05 Å². The summed E-state index contributed by atoms with van der Waals surface area (Å²) in [5.74, 6) is -0.00455. The molecule has 9 nitrogen and oxygen atoms in total. The van der Waals surface area contributed by atoms with Gasteiger partial charge < -0.3 is 10.1 Å². The van der Waals surface area contributed by atoms with E-state index >= 15 is 0 Å². The Morgan fingerprint density at radius 2 is 2.22 bits per heavy atom. The van der Waals surface area contributed by atoms with Gasteiger partial charge in [-0.05, 0) is 41.1 Å². The first-order chi connectivity index (χ1) is 12.9. The van der Waals surface area contributed by atoms with Gasteiger partial charge >= 0.3 is 0 Å². The quantitative estimate of drug-likeness (QED) is 0.659. The van der Waals surface area contributed by atoms with Crippen molar-refractivity contribution in [2.75, 3.05) is 11.9 Å². The Kier molecular flexibility index (Phi) is 5.23. The summed E-state index contributed by atoms with van der Waals surface area (Å²) >= 11 is 3.23. The summed E-state index contributed by atoms with van der Waals surface area (Å²) in [4.78, 5) is 29.2. The maximum absolute atomic E-state index is 12.6. The molecule has 27 heavy (non-hydrogen) atoms. The maximum Gasteiger partial charge on any atom is 0.266 e. The van der Waals surface area contributed by atoms with Crippen LogP contribution >= 0.6 is 15.9 Å². The third-order valence-corrected chi connectivity index (χ3v) is 4.32. The van der Waals surface area contributed by atoms with Crippen LogP contribution in [0.25, 0.3) is 11.0 Å². The second-order valence-electron chi connectivity index (χ2n) is 5.59. The van der Waals surface area contributed by atoms with E-state index in [0.29, 0.717) is 39.2 Å². The van der Waals surface area contributed by atoms with Gasteiger partial charge in [0.15, 0.2) is 5.65 Å². The number of aryl methyl sites for hydroxylation is 1. The number of benzene rings is 1. The number of anilines is 1. The number of amides is 1. The molecule has 1 amide bonds. The summed E-state index contributed by atoms with van der Waals surface area (Å²) in [7, 11) is 1.67. The summed E-state index contributed by atoms with van der Waals surface area (Å²) in [5.41, 5.74) is 0.786. The molecule has 3 aromatic rings. The molecular weight excluding hydrogens is 416 g/mol. The molecule has 1 aromatic carbocycles. The fraction of sp³-hybridized carbons (Fsp3) is 0.235. The van der Waals surface area contributed by atoms with Crippen molar-refractivity contribution in [3.05, 3.63) is 45.0 Å². The number of hydrogen-bond acceptors (Lipinski definition) is 6. The lowest BCUT2D eigenvalue weighted by molar-refractivity contribution is -0.116. The molecule has 2 heterocycles. The lowest BCUT2D eigenvalue weighted by atomic mass is 10.2. The molecule has 0 aliphatic rings. The summed E-state index contributed by atoms with van der Waals surface area (Å²) < 4.78 is 8.51. The Morgan fingerprint density at radius 1 is 1.44 bits per heavy atom. The Morgan fingerprint density at radius 3 is 2.93 bits per heavy atom. The maximum atomic E-state index is 12.6. The van der Waals surface area contributed by atoms with Gasteiger partial charge in [-0.25, -0.2) is 9.67 Å². The van der Waals surface area contributed by atoms with Gasteiger partial charge in [-0.3, -0.25) is 14.2 Å². The number of ether oxygens (including phenoxy) is 1. The van der Waals surface area contributed by atoms with Gasteiger partial charge in [0.2, 0.25) is 5.91 Å². The molecule has 0 aliphatic carbocycles. The fourth-order valence-electron chi connectivity index (χ4n) is 2.57. The molecular formula is C17H15BrN6O3. The highest BCUT2D eigenvalue weighted by molar-refractivity contribution is 9.10. The Hall–Kier alpha value is -3.19. The van der Waals surface area contributed by atoms with E-state index in [4.69, 9.17) is 10.00 Å². The number of nitriles is 1. The third-order valence-electron chi connectivity index (χ3n) is 3.76. The van der Waals surface area contributed by atoms with Crippen LogP contribution in [0.4, 0.5) is 5.69 Å².